The molecular formula is C9H13BrN2O. The van der Waals surface area contributed by atoms with Crippen molar-refractivity contribution in [2.75, 3.05) is 32.2 Å². The molecule has 0 bridgehead atoms. The molecule has 3 nitrogen and oxygen atoms in total. The molecule has 0 N–H and O–H groups in total. The second-order valence-corrected chi connectivity index (χ2v) is 3.66. The van der Waals surface area contributed by atoms with Gasteiger partial charge < -0.3 is 9.64 Å². The number of methoxy groups -OCH3 is 1. The summed E-state index contributed by atoms with van der Waals surface area (Å²) in [6.07, 6.45) is 1.78. The van der Waals surface area contributed by atoms with Gasteiger partial charge in [0.25, 0.3) is 0 Å². The van der Waals surface area contributed by atoms with Crippen LogP contribution < -0.4 is 4.90 Å². The van der Waals surface area contributed by atoms with Crippen LogP contribution in [0.5, 0.6) is 0 Å². The number of anilines is 1. The van der Waals surface area contributed by atoms with Crippen molar-refractivity contribution >= 4 is 21.7 Å². The molecule has 0 aromatic carbocycles. The van der Waals surface area contributed by atoms with E-state index in [2.05, 4.69) is 20.9 Å². The highest BCUT2D eigenvalue weighted by Crippen LogP contribution is 2.15. The van der Waals surface area contributed by atoms with E-state index in [0.29, 0.717) is 6.61 Å². The lowest BCUT2D eigenvalue weighted by atomic mass is 10.4. The Balaban J connectivity index is 2.60. The number of halogens is 1. The SMILES string of the molecule is COCCN(C)c1cc(Br)ccn1. The molecule has 13 heavy (non-hydrogen) atoms. The first-order valence-electron chi connectivity index (χ1n) is 4.05. The summed E-state index contributed by atoms with van der Waals surface area (Å²) >= 11 is 3.40. The van der Waals surface area contributed by atoms with Gasteiger partial charge in [-0.3, -0.25) is 0 Å². The van der Waals surface area contributed by atoms with Gasteiger partial charge in [0.15, 0.2) is 0 Å². The van der Waals surface area contributed by atoms with Crippen molar-refractivity contribution in [2.24, 2.45) is 0 Å². The maximum Gasteiger partial charge on any atom is 0.129 e. The minimum Gasteiger partial charge on any atom is -0.383 e. The standard InChI is InChI=1S/C9H13BrN2O/c1-12(5-6-13-2)9-7-8(10)3-4-11-9/h3-4,7H,5-6H2,1-2H3. The van der Waals surface area contributed by atoms with Gasteiger partial charge in [-0.25, -0.2) is 4.98 Å². The van der Waals surface area contributed by atoms with Crippen molar-refractivity contribution in [3.05, 3.63) is 22.8 Å². The van der Waals surface area contributed by atoms with Crippen LogP contribution in [0.2, 0.25) is 0 Å². The summed E-state index contributed by atoms with van der Waals surface area (Å²) in [6.45, 7) is 1.56. The average molecular weight is 245 g/mol. The smallest absolute Gasteiger partial charge is 0.129 e. The molecule has 1 aromatic rings. The Bertz CT molecular complexity index is 268. The second-order valence-electron chi connectivity index (χ2n) is 2.75. The fraction of sp³-hybridized carbons (Fsp3) is 0.444. The second kappa shape index (κ2) is 5.19. The minimum absolute atomic E-state index is 0.713. The summed E-state index contributed by atoms with van der Waals surface area (Å²) in [4.78, 5) is 6.28. The predicted octanol–water partition coefficient (Wildman–Crippen LogP) is 1.93. The summed E-state index contributed by atoms with van der Waals surface area (Å²) in [5.74, 6) is 0.950. The van der Waals surface area contributed by atoms with Crippen LogP contribution in [0.15, 0.2) is 22.8 Å². The first-order chi connectivity index (χ1) is 6.24. The summed E-state index contributed by atoms with van der Waals surface area (Å²) < 4.78 is 6.03. The predicted molar refractivity (Wildman–Crippen MR) is 57.1 cm³/mol. The maximum atomic E-state index is 4.98. The molecule has 1 heterocycles. The Morgan fingerprint density at radius 2 is 2.38 bits per heavy atom. The number of pyridine rings is 1. The molecule has 0 saturated carbocycles. The third-order valence-electron chi connectivity index (χ3n) is 1.73. The molecule has 0 amide bonds. The van der Waals surface area contributed by atoms with Crippen LogP contribution in [-0.4, -0.2) is 32.3 Å². The number of aromatic nitrogens is 1. The maximum absolute atomic E-state index is 4.98. The van der Waals surface area contributed by atoms with Gasteiger partial charge in [-0.15, -0.1) is 0 Å². The fourth-order valence-corrected chi connectivity index (χ4v) is 1.27. The summed E-state index contributed by atoms with van der Waals surface area (Å²) in [7, 11) is 3.69. The first kappa shape index (κ1) is 10.5. The minimum atomic E-state index is 0.713. The highest BCUT2D eigenvalue weighted by Gasteiger charge is 2.01. The van der Waals surface area contributed by atoms with Gasteiger partial charge in [-0.1, -0.05) is 15.9 Å². The number of ether oxygens (including phenoxy) is 1. The van der Waals surface area contributed by atoms with Gasteiger partial charge >= 0.3 is 0 Å². The lowest BCUT2D eigenvalue weighted by molar-refractivity contribution is 0.206. The normalized spacial score (nSPS) is 10.1. The summed E-state index contributed by atoms with van der Waals surface area (Å²) in [6, 6.07) is 3.89. The Labute approximate surface area is 86.9 Å². The van der Waals surface area contributed by atoms with E-state index >= 15 is 0 Å². The fourth-order valence-electron chi connectivity index (χ4n) is 0.945. The van der Waals surface area contributed by atoms with Crippen LogP contribution >= 0.6 is 15.9 Å². The molecule has 0 atom stereocenters. The molecule has 4 heteroatoms. The van der Waals surface area contributed by atoms with E-state index in [9.17, 15) is 0 Å². The molecule has 1 rings (SSSR count). The van der Waals surface area contributed by atoms with Gasteiger partial charge in [-0.05, 0) is 12.1 Å². The third kappa shape index (κ3) is 3.32. The molecule has 0 spiro atoms. The van der Waals surface area contributed by atoms with E-state index in [4.69, 9.17) is 4.74 Å². The van der Waals surface area contributed by atoms with Gasteiger partial charge in [0.1, 0.15) is 5.82 Å². The molecule has 0 radical (unpaired) electrons. The largest absolute Gasteiger partial charge is 0.383 e. The van der Waals surface area contributed by atoms with Crippen LogP contribution in [0.3, 0.4) is 0 Å². The van der Waals surface area contributed by atoms with Crippen molar-refractivity contribution in [3.8, 4) is 0 Å². The Morgan fingerprint density at radius 3 is 3.00 bits per heavy atom. The third-order valence-corrected chi connectivity index (χ3v) is 2.22. The van der Waals surface area contributed by atoms with Crippen LogP contribution in [-0.2, 0) is 4.74 Å². The first-order valence-corrected chi connectivity index (χ1v) is 4.85. The van der Waals surface area contributed by atoms with Gasteiger partial charge in [0, 0.05) is 31.4 Å². The monoisotopic (exact) mass is 244 g/mol. The lowest BCUT2D eigenvalue weighted by Gasteiger charge is -2.17. The molecule has 0 aliphatic carbocycles. The Kier molecular flexibility index (Phi) is 4.18. The highest BCUT2D eigenvalue weighted by atomic mass is 79.9. The van der Waals surface area contributed by atoms with E-state index < -0.39 is 0 Å². The number of hydrogen-bond acceptors (Lipinski definition) is 3. The van der Waals surface area contributed by atoms with Crippen molar-refractivity contribution in [2.45, 2.75) is 0 Å². The number of nitrogens with zero attached hydrogens (tertiary/aromatic N) is 2. The number of hydrogen-bond donors (Lipinski definition) is 0. The van der Waals surface area contributed by atoms with Crippen molar-refractivity contribution in [1.82, 2.24) is 4.98 Å². The van der Waals surface area contributed by atoms with Crippen LogP contribution in [0.4, 0.5) is 5.82 Å². The van der Waals surface area contributed by atoms with E-state index in [0.717, 1.165) is 16.8 Å². The molecule has 0 saturated heterocycles. The summed E-state index contributed by atoms with van der Waals surface area (Å²) in [5, 5.41) is 0. The molecule has 0 aliphatic rings. The molecule has 72 valence electrons. The summed E-state index contributed by atoms with van der Waals surface area (Å²) in [5.41, 5.74) is 0. The number of rotatable bonds is 4. The quantitative estimate of drug-likeness (QED) is 0.810. The van der Waals surface area contributed by atoms with Crippen LogP contribution in [0.1, 0.15) is 0 Å². The van der Waals surface area contributed by atoms with Gasteiger partial charge in [0.05, 0.1) is 6.61 Å². The zero-order valence-corrected chi connectivity index (χ0v) is 9.41. The lowest BCUT2D eigenvalue weighted by Crippen LogP contribution is -2.22. The highest BCUT2D eigenvalue weighted by molar-refractivity contribution is 9.10. The van der Waals surface area contributed by atoms with Gasteiger partial charge in [0.2, 0.25) is 0 Å². The molecule has 0 fully saturated rings. The van der Waals surface area contributed by atoms with E-state index in [-0.39, 0.29) is 0 Å². The molecular weight excluding hydrogens is 232 g/mol. The van der Waals surface area contributed by atoms with Gasteiger partial charge in [-0.2, -0.15) is 0 Å². The van der Waals surface area contributed by atoms with Crippen molar-refractivity contribution in [1.29, 1.82) is 0 Å². The van der Waals surface area contributed by atoms with E-state index in [1.165, 1.54) is 0 Å². The Morgan fingerprint density at radius 1 is 1.62 bits per heavy atom. The molecule has 1 aromatic heterocycles. The van der Waals surface area contributed by atoms with E-state index in [1.807, 2.05) is 24.1 Å². The zero-order chi connectivity index (χ0) is 9.68. The molecule has 0 unspecified atom stereocenters. The zero-order valence-electron chi connectivity index (χ0n) is 7.83. The Hall–Kier alpha value is -0.610. The average Bonchev–Trinajstić information content (AvgIpc) is 2.14. The van der Waals surface area contributed by atoms with Crippen LogP contribution in [0.25, 0.3) is 0 Å². The van der Waals surface area contributed by atoms with E-state index in [1.54, 1.807) is 13.3 Å². The van der Waals surface area contributed by atoms with Crippen LogP contribution in [0, 0.1) is 0 Å². The van der Waals surface area contributed by atoms with Crippen molar-refractivity contribution in [3.63, 3.8) is 0 Å². The molecule has 0 aliphatic heterocycles. The number of likely N-dealkylation sites (N-methyl/N-ethyl adjacent to an activating group) is 1. The topological polar surface area (TPSA) is 25.4 Å². The van der Waals surface area contributed by atoms with Crippen molar-refractivity contribution < 1.29 is 4.74 Å².